The van der Waals surface area contributed by atoms with Crippen LogP contribution < -0.4 is 16.4 Å². The molecule has 1 aromatic rings. The summed E-state index contributed by atoms with van der Waals surface area (Å²) in [6.45, 7) is 1.40. The molecule has 0 radical (unpaired) electrons. The van der Waals surface area contributed by atoms with Gasteiger partial charge in [-0.25, -0.2) is 9.59 Å². The lowest BCUT2D eigenvalue weighted by atomic mass is 10.2. The fraction of sp³-hybridized carbons (Fsp3) is 0.182. The number of anilines is 1. The standard InChI is InChI=1S/C11H12ClN3O4/c1-5(9(13)16)14-11(19)15-8-3-2-6(12)4-7(8)10(17)18/h2-5H,1H3,(H2,13,16)(H,17,18)(H2,14,15,19). The van der Waals surface area contributed by atoms with Gasteiger partial charge in [0.1, 0.15) is 6.04 Å². The Balaban J connectivity index is 2.85. The summed E-state index contributed by atoms with van der Waals surface area (Å²) in [5, 5.41) is 13.8. The van der Waals surface area contributed by atoms with Crippen LogP contribution in [0, 0.1) is 0 Å². The summed E-state index contributed by atoms with van der Waals surface area (Å²) in [4.78, 5) is 33.3. The highest BCUT2D eigenvalue weighted by atomic mass is 35.5. The molecule has 0 bridgehead atoms. The summed E-state index contributed by atoms with van der Waals surface area (Å²) in [5.74, 6) is -1.94. The van der Waals surface area contributed by atoms with E-state index >= 15 is 0 Å². The first-order valence-electron chi connectivity index (χ1n) is 5.21. The van der Waals surface area contributed by atoms with Crippen LogP contribution in [0.2, 0.25) is 5.02 Å². The summed E-state index contributed by atoms with van der Waals surface area (Å²) in [6.07, 6.45) is 0. The van der Waals surface area contributed by atoms with Crippen LogP contribution in [-0.4, -0.2) is 29.1 Å². The Kier molecular flexibility index (Phi) is 4.71. The molecular weight excluding hydrogens is 274 g/mol. The molecule has 0 heterocycles. The summed E-state index contributed by atoms with van der Waals surface area (Å²) in [7, 11) is 0. The van der Waals surface area contributed by atoms with E-state index in [1.54, 1.807) is 0 Å². The van der Waals surface area contributed by atoms with Crippen molar-refractivity contribution in [2.24, 2.45) is 5.73 Å². The predicted molar refractivity (Wildman–Crippen MR) is 69.2 cm³/mol. The Morgan fingerprint density at radius 2 is 2.00 bits per heavy atom. The van der Waals surface area contributed by atoms with Crippen LogP contribution >= 0.6 is 11.6 Å². The number of halogens is 1. The van der Waals surface area contributed by atoms with Gasteiger partial charge in [-0.05, 0) is 25.1 Å². The Morgan fingerprint density at radius 3 is 2.53 bits per heavy atom. The molecule has 3 amide bonds. The number of carboxylic acids is 1. The Labute approximate surface area is 113 Å². The van der Waals surface area contributed by atoms with E-state index in [0.717, 1.165) is 0 Å². The molecule has 0 aliphatic carbocycles. The minimum absolute atomic E-state index is 0.0612. The minimum atomic E-state index is -1.24. The number of carboxylic acid groups (broad SMARTS) is 1. The highest BCUT2D eigenvalue weighted by molar-refractivity contribution is 6.31. The van der Waals surface area contributed by atoms with Crippen LogP contribution in [0.1, 0.15) is 17.3 Å². The van der Waals surface area contributed by atoms with Gasteiger partial charge in [0.15, 0.2) is 0 Å². The molecule has 0 aliphatic heterocycles. The smallest absolute Gasteiger partial charge is 0.337 e. The zero-order chi connectivity index (χ0) is 14.6. The van der Waals surface area contributed by atoms with Gasteiger partial charge in [-0.3, -0.25) is 4.79 Å². The third-order valence-corrected chi connectivity index (χ3v) is 2.47. The number of hydrogen-bond acceptors (Lipinski definition) is 3. The minimum Gasteiger partial charge on any atom is -0.478 e. The molecule has 0 aromatic heterocycles. The molecule has 1 aromatic carbocycles. The molecular formula is C11H12ClN3O4. The molecule has 0 saturated carbocycles. The van der Waals surface area contributed by atoms with E-state index in [1.807, 2.05) is 0 Å². The van der Waals surface area contributed by atoms with E-state index in [9.17, 15) is 14.4 Å². The summed E-state index contributed by atoms with van der Waals surface area (Å²) >= 11 is 5.67. The van der Waals surface area contributed by atoms with E-state index in [2.05, 4.69) is 10.6 Å². The number of aromatic carboxylic acids is 1. The van der Waals surface area contributed by atoms with Crippen molar-refractivity contribution in [2.45, 2.75) is 13.0 Å². The number of nitrogens with one attached hydrogen (secondary N) is 2. The van der Waals surface area contributed by atoms with E-state index in [4.69, 9.17) is 22.4 Å². The number of benzene rings is 1. The third-order valence-electron chi connectivity index (χ3n) is 2.23. The molecule has 7 nitrogen and oxygen atoms in total. The van der Waals surface area contributed by atoms with E-state index in [0.29, 0.717) is 0 Å². The zero-order valence-corrected chi connectivity index (χ0v) is 10.7. The van der Waals surface area contributed by atoms with Crippen LogP contribution in [0.3, 0.4) is 0 Å². The first-order chi connectivity index (χ1) is 8.81. The fourth-order valence-electron chi connectivity index (χ4n) is 1.23. The Hall–Kier alpha value is -2.28. The van der Waals surface area contributed by atoms with Crippen molar-refractivity contribution in [1.82, 2.24) is 5.32 Å². The van der Waals surface area contributed by atoms with Gasteiger partial charge in [0.25, 0.3) is 0 Å². The topological polar surface area (TPSA) is 122 Å². The van der Waals surface area contributed by atoms with Gasteiger partial charge in [0.05, 0.1) is 11.3 Å². The second-order valence-electron chi connectivity index (χ2n) is 3.72. The van der Waals surface area contributed by atoms with Crippen molar-refractivity contribution < 1.29 is 19.5 Å². The van der Waals surface area contributed by atoms with Gasteiger partial charge >= 0.3 is 12.0 Å². The molecule has 19 heavy (non-hydrogen) atoms. The first kappa shape index (κ1) is 14.8. The van der Waals surface area contributed by atoms with Crippen molar-refractivity contribution in [2.75, 3.05) is 5.32 Å². The summed E-state index contributed by atoms with van der Waals surface area (Å²) in [6, 6.07) is 2.37. The zero-order valence-electron chi connectivity index (χ0n) is 9.94. The van der Waals surface area contributed by atoms with Crippen molar-refractivity contribution in [3.05, 3.63) is 28.8 Å². The number of amides is 3. The molecule has 5 N–H and O–H groups in total. The van der Waals surface area contributed by atoms with Crippen LogP contribution in [-0.2, 0) is 4.79 Å². The molecule has 0 aliphatic rings. The first-order valence-corrected chi connectivity index (χ1v) is 5.58. The Morgan fingerprint density at radius 1 is 1.37 bits per heavy atom. The maximum atomic E-state index is 11.5. The number of primary amides is 1. The fourth-order valence-corrected chi connectivity index (χ4v) is 1.40. The monoisotopic (exact) mass is 285 g/mol. The largest absolute Gasteiger partial charge is 0.478 e. The highest BCUT2D eigenvalue weighted by Gasteiger charge is 2.16. The molecule has 0 saturated heterocycles. The molecule has 102 valence electrons. The van der Waals surface area contributed by atoms with Crippen molar-refractivity contribution >= 4 is 35.2 Å². The van der Waals surface area contributed by atoms with Gasteiger partial charge < -0.3 is 21.5 Å². The van der Waals surface area contributed by atoms with E-state index < -0.39 is 23.9 Å². The number of rotatable bonds is 4. The number of carbonyl (C=O) groups excluding carboxylic acids is 2. The third kappa shape index (κ3) is 4.14. The molecule has 1 unspecified atom stereocenters. The average molecular weight is 286 g/mol. The molecule has 1 rings (SSSR count). The quantitative estimate of drug-likeness (QED) is 0.660. The lowest BCUT2D eigenvalue weighted by molar-refractivity contribution is -0.119. The molecule has 1 atom stereocenters. The van der Waals surface area contributed by atoms with E-state index in [1.165, 1.54) is 25.1 Å². The predicted octanol–water partition coefficient (Wildman–Crippen LogP) is 1.03. The maximum absolute atomic E-state index is 11.5. The van der Waals surface area contributed by atoms with Crippen LogP contribution in [0.15, 0.2) is 18.2 Å². The number of hydrogen-bond donors (Lipinski definition) is 4. The van der Waals surface area contributed by atoms with Crippen LogP contribution in [0.25, 0.3) is 0 Å². The molecule has 0 fully saturated rings. The summed E-state index contributed by atoms with van der Waals surface area (Å²) < 4.78 is 0. The van der Waals surface area contributed by atoms with E-state index in [-0.39, 0.29) is 16.3 Å². The summed E-state index contributed by atoms with van der Waals surface area (Å²) in [5.41, 5.74) is 4.89. The van der Waals surface area contributed by atoms with Crippen molar-refractivity contribution in [3.8, 4) is 0 Å². The number of carbonyl (C=O) groups is 3. The van der Waals surface area contributed by atoms with Crippen LogP contribution in [0.5, 0.6) is 0 Å². The van der Waals surface area contributed by atoms with Gasteiger partial charge in [-0.2, -0.15) is 0 Å². The van der Waals surface area contributed by atoms with Crippen molar-refractivity contribution in [1.29, 1.82) is 0 Å². The SMILES string of the molecule is CC(NC(=O)Nc1ccc(Cl)cc1C(=O)O)C(N)=O. The lowest BCUT2D eigenvalue weighted by Crippen LogP contribution is -2.44. The molecule has 8 heteroatoms. The number of urea groups is 1. The average Bonchev–Trinajstić information content (AvgIpc) is 2.30. The second-order valence-corrected chi connectivity index (χ2v) is 4.15. The van der Waals surface area contributed by atoms with Crippen molar-refractivity contribution in [3.63, 3.8) is 0 Å². The lowest BCUT2D eigenvalue weighted by Gasteiger charge is -2.13. The second kappa shape index (κ2) is 6.05. The van der Waals surface area contributed by atoms with Gasteiger partial charge in [0.2, 0.25) is 5.91 Å². The normalized spacial score (nSPS) is 11.5. The van der Waals surface area contributed by atoms with Gasteiger partial charge in [0, 0.05) is 5.02 Å². The maximum Gasteiger partial charge on any atom is 0.337 e. The molecule has 0 spiro atoms. The van der Waals surface area contributed by atoms with Gasteiger partial charge in [-0.1, -0.05) is 11.6 Å². The number of nitrogens with two attached hydrogens (primary N) is 1. The van der Waals surface area contributed by atoms with Crippen LogP contribution in [0.4, 0.5) is 10.5 Å². The Bertz CT molecular complexity index is 533. The van der Waals surface area contributed by atoms with Gasteiger partial charge in [-0.15, -0.1) is 0 Å². The highest BCUT2D eigenvalue weighted by Crippen LogP contribution is 2.20.